The summed E-state index contributed by atoms with van der Waals surface area (Å²) in [4.78, 5) is 17.8. The van der Waals surface area contributed by atoms with Crippen molar-refractivity contribution in [3.63, 3.8) is 0 Å². The van der Waals surface area contributed by atoms with Gasteiger partial charge < -0.3 is 30.1 Å². The van der Waals surface area contributed by atoms with Gasteiger partial charge in [0.2, 0.25) is 0 Å². The maximum absolute atomic E-state index is 11.1. The molecule has 0 saturated heterocycles. The third-order valence-electron chi connectivity index (χ3n) is 2.74. The highest BCUT2D eigenvalue weighted by Crippen LogP contribution is 2.17. The molecular weight excluding hydrogens is 296 g/mol. The monoisotopic (exact) mass is 316 g/mol. The number of aliphatic hydroxyl groups excluding tert-OH is 4. The molecule has 124 valence electrons. The highest BCUT2D eigenvalue weighted by Gasteiger charge is 2.27. The van der Waals surface area contributed by atoms with Gasteiger partial charge in [-0.15, -0.1) is 0 Å². The van der Waals surface area contributed by atoms with E-state index in [4.69, 9.17) is 5.11 Å². The van der Waals surface area contributed by atoms with Crippen molar-refractivity contribution < 1.29 is 30.0 Å². The third-order valence-corrected chi connectivity index (χ3v) is 2.74. The molecular formula is C12H20N4O6. The first-order chi connectivity index (χ1) is 10.4. The van der Waals surface area contributed by atoms with Gasteiger partial charge in [-0.2, -0.15) is 5.10 Å². The van der Waals surface area contributed by atoms with Gasteiger partial charge >= 0.3 is 6.09 Å². The zero-order chi connectivity index (χ0) is 16.7. The second-order valence-corrected chi connectivity index (χ2v) is 4.39. The SMILES string of the molecule is CCOC(=O)NN=C(C)c1nc([C@@H](O)[C@H](O)[C@H](O)CO)c[nH]1. The second-order valence-electron chi connectivity index (χ2n) is 4.39. The minimum Gasteiger partial charge on any atom is -0.449 e. The van der Waals surface area contributed by atoms with Crippen molar-refractivity contribution in [3.05, 3.63) is 17.7 Å². The molecule has 0 fully saturated rings. The van der Waals surface area contributed by atoms with Gasteiger partial charge in [-0.1, -0.05) is 0 Å². The zero-order valence-corrected chi connectivity index (χ0v) is 12.2. The van der Waals surface area contributed by atoms with Crippen LogP contribution >= 0.6 is 0 Å². The number of carbonyl (C=O) groups is 1. The van der Waals surface area contributed by atoms with E-state index in [0.29, 0.717) is 5.71 Å². The van der Waals surface area contributed by atoms with Gasteiger partial charge in [-0.05, 0) is 13.8 Å². The fourth-order valence-electron chi connectivity index (χ4n) is 1.51. The van der Waals surface area contributed by atoms with Crippen molar-refractivity contribution in [2.45, 2.75) is 32.2 Å². The maximum atomic E-state index is 11.1. The van der Waals surface area contributed by atoms with E-state index >= 15 is 0 Å². The smallest absolute Gasteiger partial charge is 0.427 e. The summed E-state index contributed by atoms with van der Waals surface area (Å²) in [5.41, 5.74) is 2.52. The molecule has 6 N–H and O–H groups in total. The van der Waals surface area contributed by atoms with E-state index in [9.17, 15) is 20.1 Å². The molecule has 1 aromatic rings. The molecule has 0 aromatic carbocycles. The molecule has 0 bridgehead atoms. The number of aromatic amines is 1. The van der Waals surface area contributed by atoms with Gasteiger partial charge in [-0.25, -0.2) is 15.2 Å². The predicted molar refractivity (Wildman–Crippen MR) is 75.0 cm³/mol. The summed E-state index contributed by atoms with van der Waals surface area (Å²) in [6.07, 6.45) is -3.96. The third kappa shape index (κ3) is 4.77. The van der Waals surface area contributed by atoms with Crippen LogP contribution in [0.1, 0.15) is 31.5 Å². The molecule has 0 aliphatic carbocycles. The molecule has 0 unspecified atom stereocenters. The summed E-state index contributed by atoms with van der Waals surface area (Å²) < 4.78 is 4.63. The van der Waals surface area contributed by atoms with Crippen LogP contribution < -0.4 is 5.43 Å². The van der Waals surface area contributed by atoms with Crippen molar-refractivity contribution in [1.82, 2.24) is 15.4 Å². The Morgan fingerprint density at radius 3 is 2.77 bits per heavy atom. The Hall–Kier alpha value is -2.01. The summed E-state index contributed by atoms with van der Waals surface area (Å²) in [6.45, 7) is 2.73. The summed E-state index contributed by atoms with van der Waals surface area (Å²) in [6, 6.07) is 0. The molecule has 22 heavy (non-hydrogen) atoms. The number of hydrogen-bond donors (Lipinski definition) is 6. The number of imidazole rings is 1. The molecule has 1 rings (SSSR count). The fourth-order valence-corrected chi connectivity index (χ4v) is 1.51. The van der Waals surface area contributed by atoms with Gasteiger partial charge in [0.25, 0.3) is 0 Å². The van der Waals surface area contributed by atoms with Gasteiger partial charge in [0.05, 0.1) is 18.9 Å². The zero-order valence-electron chi connectivity index (χ0n) is 12.2. The van der Waals surface area contributed by atoms with E-state index in [-0.39, 0.29) is 18.1 Å². The minimum absolute atomic E-state index is 0.0562. The first-order valence-electron chi connectivity index (χ1n) is 6.58. The lowest BCUT2D eigenvalue weighted by molar-refractivity contribution is -0.0788. The number of H-pyrrole nitrogens is 1. The fraction of sp³-hybridized carbons (Fsp3) is 0.583. The molecule has 3 atom stereocenters. The average molecular weight is 316 g/mol. The molecule has 0 spiro atoms. The van der Waals surface area contributed by atoms with Gasteiger partial charge in [0.1, 0.15) is 24.0 Å². The number of aliphatic hydroxyl groups is 4. The maximum Gasteiger partial charge on any atom is 0.427 e. The van der Waals surface area contributed by atoms with E-state index in [1.807, 2.05) is 0 Å². The van der Waals surface area contributed by atoms with Crippen LogP contribution in [0.3, 0.4) is 0 Å². The Bertz CT molecular complexity index is 517. The lowest BCUT2D eigenvalue weighted by atomic mass is 10.1. The number of rotatable bonds is 7. The predicted octanol–water partition coefficient (Wildman–Crippen LogP) is -1.37. The highest BCUT2D eigenvalue weighted by molar-refractivity contribution is 5.95. The van der Waals surface area contributed by atoms with Crippen LogP contribution in [0.4, 0.5) is 4.79 Å². The largest absolute Gasteiger partial charge is 0.449 e. The van der Waals surface area contributed by atoms with Crippen LogP contribution in [-0.2, 0) is 4.74 Å². The highest BCUT2D eigenvalue weighted by atomic mass is 16.5. The van der Waals surface area contributed by atoms with Crippen molar-refractivity contribution >= 4 is 11.8 Å². The number of hydrogen-bond acceptors (Lipinski definition) is 8. The first-order valence-corrected chi connectivity index (χ1v) is 6.58. The molecule has 0 saturated carbocycles. The van der Waals surface area contributed by atoms with Crippen molar-refractivity contribution in [1.29, 1.82) is 0 Å². The van der Waals surface area contributed by atoms with Gasteiger partial charge in [0.15, 0.2) is 5.82 Å². The molecule has 0 aliphatic heterocycles. The average Bonchev–Trinajstić information content (AvgIpc) is 3.00. The van der Waals surface area contributed by atoms with Crippen molar-refractivity contribution in [3.8, 4) is 0 Å². The molecule has 10 nitrogen and oxygen atoms in total. The molecule has 10 heteroatoms. The van der Waals surface area contributed by atoms with E-state index in [2.05, 4.69) is 25.2 Å². The van der Waals surface area contributed by atoms with E-state index in [0.717, 1.165) is 0 Å². The van der Waals surface area contributed by atoms with Crippen molar-refractivity contribution in [2.75, 3.05) is 13.2 Å². The molecule has 1 aromatic heterocycles. The van der Waals surface area contributed by atoms with Crippen LogP contribution in [0.5, 0.6) is 0 Å². The van der Waals surface area contributed by atoms with Crippen LogP contribution in [0.15, 0.2) is 11.3 Å². The lowest BCUT2D eigenvalue weighted by Gasteiger charge is -2.19. The number of hydrazone groups is 1. The molecule has 1 amide bonds. The van der Waals surface area contributed by atoms with Gasteiger partial charge in [-0.3, -0.25) is 0 Å². The molecule has 1 heterocycles. The Kier molecular flexibility index (Phi) is 6.92. The van der Waals surface area contributed by atoms with Gasteiger partial charge in [0, 0.05) is 6.20 Å². The number of nitrogens with one attached hydrogen (secondary N) is 2. The Labute approximate surface area is 126 Å². The second kappa shape index (κ2) is 8.44. The van der Waals surface area contributed by atoms with E-state index in [1.165, 1.54) is 6.20 Å². The number of amides is 1. The minimum atomic E-state index is -1.59. The van der Waals surface area contributed by atoms with Crippen LogP contribution in [0.25, 0.3) is 0 Å². The normalized spacial score (nSPS) is 16.0. The lowest BCUT2D eigenvalue weighted by Crippen LogP contribution is -2.34. The summed E-state index contributed by atoms with van der Waals surface area (Å²) in [5.74, 6) is 0.247. The van der Waals surface area contributed by atoms with Crippen LogP contribution in [-0.4, -0.2) is 67.6 Å². The number of nitrogens with zero attached hydrogens (tertiary/aromatic N) is 2. The standard InChI is InChI=1S/C12H20N4O6/c1-3-22-12(21)16-15-6(2)11-13-4-7(14-11)9(19)10(20)8(18)5-17/h4,8-10,17-20H,3,5H2,1-2H3,(H,13,14)(H,16,21)/t8-,9-,10-/m1/s1. The van der Waals surface area contributed by atoms with Crippen LogP contribution in [0, 0.1) is 0 Å². The summed E-state index contributed by atoms with van der Waals surface area (Å²) >= 11 is 0. The Morgan fingerprint density at radius 2 is 2.18 bits per heavy atom. The number of aromatic nitrogens is 2. The number of carbonyl (C=O) groups excluding carboxylic acids is 1. The Morgan fingerprint density at radius 1 is 1.50 bits per heavy atom. The first kappa shape index (κ1) is 18.0. The molecule has 0 radical (unpaired) electrons. The van der Waals surface area contributed by atoms with Crippen molar-refractivity contribution in [2.24, 2.45) is 5.10 Å². The topological polar surface area (TPSA) is 160 Å². The molecule has 0 aliphatic rings. The summed E-state index contributed by atoms with van der Waals surface area (Å²) in [5, 5.41) is 41.2. The number of ether oxygens (including phenoxy) is 1. The van der Waals surface area contributed by atoms with E-state index < -0.39 is 31.0 Å². The summed E-state index contributed by atoms with van der Waals surface area (Å²) in [7, 11) is 0. The van der Waals surface area contributed by atoms with E-state index in [1.54, 1.807) is 13.8 Å². The Balaban J connectivity index is 2.74. The van der Waals surface area contributed by atoms with Crippen LogP contribution in [0.2, 0.25) is 0 Å². The quantitative estimate of drug-likeness (QED) is 0.267.